The van der Waals surface area contributed by atoms with Crippen LogP contribution in [-0.2, 0) is 0 Å². The molecule has 3 heteroatoms. The first-order chi connectivity index (χ1) is 5.13. The van der Waals surface area contributed by atoms with Gasteiger partial charge in [0.2, 0.25) is 0 Å². The predicted octanol–water partition coefficient (Wildman–Crippen LogP) is 0.320. The van der Waals surface area contributed by atoms with E-state index in [4.69, 9.17) is 0 Å². The second-order valence-corrected chi connectivity index (χ2v) is 8.77. The van der Waals surface area contributed by atoms with Crippen molar-refractivity contribution >= 4 is 19.9 Å². The fourth-order valence-corrected chi connectivity index (χ4v) is 4.76. The zero-order valence-electron chi connectivity index (χ0n) is 8.72. The second kappa shape index (κ2) is 5.97. The van der Waals surface area contributed by atoms with Crippen LogP contribution >= 0.6 is 0 Å². The lowest BCUT2D eigenvalue weighted by Gasteiger charge is -2.31. The molecule has 1 atom stereocenters. The molecule has 0 amide bonds. The second-order valence-electron chi connectivity index (χ2n) is 3.59. The molecule has 11 heavy (non-hydrogen) atoms. The molecule has 0 spiro atoms. The van der Waals surface area contributed by atoms with E-state index in [9.17, 15) is 0 Å². The summed E-state index contributed by atoms with van der Waals surface area (Å²) >= 11 is 0. The molecule has 0 heterocycles. The fourth-order valence-electron chi connectivity index (χ4n) is 1.48. The molecule has 0 rings (SSSR count). The molecule has 0 radical (unpaired) electrons. The molecule has 0 aromatic heterocycles. The van der Waals surface area contributed by atoms with Gasteiger partial charge in [-0.2, -0.15) is 0 Å². The molecule has 0 aromatic rings. The summed E-state index contributed by atoms with van der Waals surface area (Å²) in [5, 5.41) is 0. The third-order valence-corrected chi connectivity index (χ3v) is 5.96. The van der Waals surface area contributed by atoms with Crippen LogP contribution in [0.1, 0.15) is 34.1 Å². The maximum atomic E-state index is 2.74. The summed E-state index contributed by atoms with van der Waals surface area (Å²) < 4.78 is 2.74. The van der Waals surface area contributed by atoms with Crippen molar-refractivity contribution in [3.05, 3.63) is 0 Å². The van der Waals surface area contributed by atoms with Crippen LogP contribution in [0.3, 0.4) is 0 Å². The molecule has 0 fully saturated rings. The maximum absolute atomic E-state index is 2.74. The van der Waals surface area contributed by atoms with Gasteiger partial charge in [-0.15, -0.1) is 0 Å². The van der Waals surface area contributed by atoms with Crippen LogP contribution in [0.5, 0.6) is 0 Å². The largest absolute Gasteiger partial charge is 0.325 e. The minimum atomic E-state index is 0.125. The Morgan fingerprint density at radius 3 is 2.18 bits per heavy atom. The summed E-state index contributed by atoms with van der Waals surface area (Å²) in [5.74, 6) is 0. The van der Waals surface area contributed by atoms with Gasteiger partial charge in [-0.05, 0) is 18.5 Å². The van der Waals surface area contributed by atoms with Crippen LogP contribution in [0.25, 0.3) is 0 Å². The molecule has 0 aliphatic rings. The highest BCUT2D eigenvalue weighted by Gasteiger charge is 2.13. The van der Waals surface area contributed by atoms with E-state index in [1.165, 1.54) is 16.7 Å². The first-order valence-corrected chi connectivity index (χ1v) is 7.93. The van der Waals surface area contributed by atoms with Gasteiger partial charge in [0, 0.05) is 10.2 Å². The van der Waals surface area contributed by atoms with E-state index >= 15 is 0 Å². The smallest absolute Gasteiger partial charge is 0.0923 e. The van der Waals surface area contributed by atoms with Crippen molar-refractivity contribution in [2.45, 2.75) is 51.9 Å². The van der Waals surface area contributed by atoms with Gasteiger partial charge in [0.15, 0.2) is 0 Å². The summed E-state index contributed by atoms with van der Waals surface area (Å²) in [6.07, 6.45) is 1.31. The van der Waals surface area contributed by atoms with Gasteiger partial charge >= 0.3 is 0 Å². The van der Waals surface area contributed by atoms with E-state index in [-0.39, 0.29) is 9.68 Å². The van der Waals surface area contributed by atoms with E-state index in [2.05, 4.69) is 32.3 Å². The Hall–Kier alpha value is 0.394. The average molecular weight is 189 g/mol. The van der Waals surface area contributed by atoms with Gasteiger partial charge in [-0.3, -0.25) is 0 Å². The van der Waals surface area contributed by atoms with Crippen LogP contribution in [0, 0.1) is 0 Å². The SMILES string of the molecule is CCC(C)N([SiH2]C[SiH3])C(C)C. The average Bonchev–Trinajstić information content (AvgIpc) is 1.98. The Labute approximate surface area is 76.9 Å². The van der Waals surface area contributed by atoms with Crippen molar-refractivity contribution in [3.8, 4) is 0 Å². The van der Waals surface area contributed by atoms with Crippen molar-refractivity contribution < 1.29 is 0 Å². The summed E-state index contributed by atoms with van der Waals surface area (Å²) in [4.78, 5) is 0. The first kappa shape index (κ1) is 11.4. The molecule has 68 valence electrons. The minimum Gasteiger partial charge on any atom is -0.325 e. The Bertz CT molecular complexity index is 96.1. The highest BCUT2D eigenvalue weighted by atomic mass is 28.3. The van der Waals surface area contributed by atoms with E-state index < -0.39 is 0 Å². The lowest BCUT2D eigenvalue weighted by Crippen LogP contribution is -2.41. The van der Waals surface area contributed by atoms with Crippen LogP contribution < -0.4 is 0 Å². The van der Waals surface area contributed by atoms with Gasteiger partial charge in [0.25, 0.3) is 0 Å². The van der Waals surface area contributed by atoms with Gasteiger partial charge < -0.3 is 4.57 Å². The summed E-state index contributed by atoms with van der Waals surface area (Å²) in [5.41, 5.74) is 1.54. The van der Waals surface area contributed by atoms with Gasteiger partial charge in [-0.25, -0.2) is 0 Å². The van der Waals surface area contributed by atoms with Crippen molar-refractivity contribution in [1.29, 1.82) is 0 Å². The monoisotopic (exact) mass is 189 g/mol. The zero-order chi connectivity index (χ0) is 8.85. The molecule has 1 nitrogen and oxygen atoms in total. The van der Waals surface area contributed by atoms with E-state index in [0.717, 1.165) is 12.1 Å². The van der Waals surface area contributed by atoms with Crippen LogP contribution in [0.4, 0.5) is 0 Å². The number of hydrogen-bond donors (Lipinski definition) is 0. The van der Waals surface area contributed by atoms with E-state index in [1.54, 1.807) is 5.67 Å². The lowest BCUT2D eigenvalue weighted by atomic mass is 10.2. The van der Waals surface area contributed by atoms with Gasteiger partial charge in [-0.1, -0.05) is 33.4 Å². The highest BCUT2D eigenvalue weighted by Crippen LogP contribution is 2.06. The molecule has 0 aliphatic carbocycles. The lowest BCUT2D eigenvalue weighted by molar-refractivity contribution is 0.289. The fraction of sp³-hybridized carbons (Fsp3) is 1.00. The topological polar surface area (TPSA) is 3.24 Å². The summed E-state index contributed by atoms with van der Waals surface area (Å²) in [6.45, 7) is 9.32. The van der Waals surface area contributed by atoms with Crippen LogP contribution in [0.2, 0.25) is 5.67 Å². The molecule has 0 saturated heterocycles. The third-order valence-electron chi connectivity index (χ3n) is 2.30. The molecule has 1 unspecified atom stereocenters. The predicted molar refractivity (Wildman–Crippen MR) is 60.0 cm³/mol. The number of hydrogen-bond acceptors (Lipinski definition) is 1. The minimum absolute atomic E-state index is 0.125. The third kappa shape index (κ3) is 4.08. The quantitative estimate of drug-likeness (QED) is 0.563. The normalized spacial score (nSPS) is 15.8. The Morgan fingerprint density at radius 1 is 1.36 bits per heavy atom. The Kier molecular flexibility index (Phi) is 6.18. The highest BCUT2D eigenvalue weighted by molar-refractivity contribution is 6.44. The Morgan fingerprint density at radius 2 is 1.91 bits per heavy atom. The van der Waals surface area contributed by atoms with Gasteiger partial charge in [0.05, 0.1) is 9.68 Å². The van der Waals surface area contributed by atoms with Crippen molar-refractivity contribution in [1.82, 2.24) is 4.57 Å². The van der Waals surface area contributed by atoms with Crippen molar-refractivity contribution in [2.75, 3.05) is 0 Å². The molecule has 0 aliphatic heterocycles. The van der Waals surface area contributed by atoms with Crippen LogP contribution in [0.15, 0.2) is 0 Å². The molecule has 0 aromatic carbocycles. The maximum Gasteiger partial charge on any atom is 0.0923 e. The summed E-state index contributed by atoms with van der Waals surface area (Å²) in [7, 11) is 1.53. The molecule has 0 saturated carbocycles. The van der Waals surface area contributed by atoms with Crippen molar-refractivity contribution in [3.63, 3.8) is 0 Å². The molecule has 0 bridgehead atoms. The van der Waals surface area contributed by atoms with E-state index in [1.807, 2.05) is 0 Å². The number of nitrogens with zero attached hydrogens (tertiary/aromatic N) is 1. The molecular formula is C8H23NSi2. The van der Waals surface area contributed by atoms with E-state index in [0.29, 0.717) is 0 Å². The van der Waals surface area contributed by atoms with Crippen molar-refractivity contribution in [2.24, 2.45) is 0 Å². The molecular weight excluding hydrogens is 166 g/mol. The standard InChI is InChI=1S/C8H23NSi2/c1-5-8(4)9(7(2)3)11-6-10/h7-8H,5-6,11H2,1-4,10H3. The zero-order valence-corrected chi connectivity index (χ0v) is 12.1. The molecule has 0 N–H and O–H groups in total. The van der Waals surface area contributed by atoms with Gasteiger partial charge in [0.1, 0.15) is 0 Å². The first-order valence-electron chi connectivity index (χ1n) is 4.89. The summed E-state index contributed by atoms with van der Waals surface area (Å²) in [6, 6.07) is 1.61. The number of rotatable bonds is 5. The Balaban J connectivity index is 3.87. The van der Waals surface area contributed by atoms with Crippen LogP contribution in [-0.4, -0.2) is 36.6 Å².